The van der Waals surface area contributed by atoms with Crippen LogP contribution in [0.5, 0.6) is 0 Å². The van der Waals surface area contributed by atoms with E-state index >= 15 is 0 Å². The zero-order valence-corrected chi connectivity index (χ0v) is 10.7. The molecule has 2 aromatic rings. The van der Waals surface area contributed by atoms with E-state index in [4.69, 9.17) is 0 Å². The van der Waals surface area contributed by atoms with Crippen molar-refractivity contribution in [3.05, 3.63) is 47.7 Å². The van der Waals surface area contributed by atoms with Crippen LogP contribution < -0.4 is 5.32 Å². The zero-order valence-electron chi connectivity index (χ0n) is 10.7. The van der Waals surface area contributed by atoms with Gasteiger partial charge in [0.05, 0.1) is 0 Å². The van der Waals surface area contributed by atoms with Crippen molar-refractivity contribution in [2.24, 2.45) is 0 Å². The lowest BCUT2D eigenvalue weighted by molar-refractivity contribution is 0.676. The minimum absolute atomic E-state index is 0.961. The maximum atomic E-state index is 3.53. The SMILES string of the molecule is C1=C(CCNCc2ccc3cc[nH]c3c2)CCC1. The summed E-state index contributed by atoms with van der Waals surface area (Å²) in [5.41, 5.74) is 4.22. The Labute approximate surface area is 108 Å². The van der Waals surface area contributed by atoms with E-state index in [-0.39, 0.29) is 0 Å². The van der Waals surface area contributed by atoms with Gasteiger partial charge in [0.2, 0.25) is 0 Å². The lowest BCUT2D eigenvalue weighted by atomic mass is 10.1. The molecule has 0 atom stereocenters. The summed E-state index contributed by atoms with van der Waals surface area (Å²) in [5, 5.41) is 4.82. The number of aromatic nitrogens is 1. The lowest BCUT2D eigenvalue weighted by Crippen LogP contribution is -2.14. The minimum Gasteiger partial charge on any atom is -0.361 e. The number of benzene rings is 1. The van der Waals surface area contributed by atoms with Crippen molar-refractivity contribution in [2.75, 3.05) is 6.54 Å². The van der Waals surface area contributed by atoms with E-state index < -0.39 is 0 Å². The Kier molecular flexibility index (Phi) is 3.47. The molecule has 0 spiro atoms. The first kappa shape index (κ1) is 11.5. The van der Waals surface area contributed by atoms with E-state index in [1.54, 1.807) is 5.57 Å². The van der Waals surface area contributed by atoms with Crippen LogP contribution in [-0.2, 0) is 6.54 Å². The Morgan fingerprint density at radius 1 is 1.22 bits per heavy atom. The molecule has 1 aliphatic rings. The Balaban J connectivity index is 1.50. The number of H-pyrrole nitrogens is 1. The van der Waals surface area contributed by atoms with Gasteiger partial charge >= 0.3 is 0 Å². The first-order valence-corrected chi connectivity index (χ1v) is 6.86. The van der Waals surface area contributed by atoms with Crippen LogP contribution in [0.1, 0.15) is 31.2 Å². The molecule has 0 unspecified atom stereocenters. The van der Waals surface area contributed by atoms with Gasteiger partial charge in [-0.2, -0.15) is 0 Å². The lowest BCUT2D eigenvalue weighted by Gasteiger charge is -2.06. The number of aromatic amines is 1. The first-order chi connectivity index (χ1) is 8.92. The van der Waals surface area contributed by atoms with Gasteiger partial charge < -0.3 is 10.3 Å². The third-order valence-corrected chi connectivity index (χ3v) is 3.71. The monoisotopic (exact) mass is 240 g/mol. The second-order valence-corrected chi connectivity index (χ2v) is 5.08. The molecular formula is C16H20N2. The highest BCUT2D eigenvalue weighted by Gasteiger charge is 2.03. The third-order valence-electron chi connectivity index (χ3n) is 3.71. The summed E-state index contributed by atoms with van der Waals surface area (Å²) >= 11 is 0. The summed E-state index contributed by atoms with van der Waals surface area (Å²) in [6.07, 6.45) is 9.58. The van der Waals surface area contributed by atoms with E-state index in [0.717, 1.165) is 13.1 Å². The van der Waals surface area contributed by atoms with Crippen LogP contribution in [0.4, 0.5) is 0 Å². The average molecular weight is 240 g/mol. The topological polar surface area (TPSA) is 27.8 Å². The van der Waals surface area contributed by atoms with Gasteiger partial charge in [-0.1, -0.05) is 23.8 Å². The van der Waals surface area contributed by atoms with E-state index in [1.165, 1.54) is 42.1 Å². The summed E-state index contributed by atoms with van der Waals surface area (Å²) in [4.78, 5) is 3.26. The fourth-order valence-corrected chi connectivity index (χ4v) is 2.65. The molecule has 3 rings (SSSR count). The Hall–Kier alpha value is -1.54. The fraction of sp³-hybridized carbons (Fsp3) is 0.375. The number of nitrogens with one attached hydrogen (secondary N) is 2. The van der Waals surface area contributed by atoms with Crippen LogP contribution in [0.15, 0.2) is 42.1 Å². The summed E-state index contributed by atoms with van der Waals surface area (Å²) in [5.74, 6) is 0. The van der Waals surface area contributed by atoms with Crippen molar-refractivity contribution >= 4 is 10.9 Å². The van der Waals surface area contributed by atoms with E-state index in [2.05, 4.69) is 40.6 Å². The zero-order chi connectivity index (χ0) is 12.2. The van der Waals surface area contributed by atoms with Crippen molar-refractivity contribution < 1.29 is 0 Å². The molecule has 1 aromatic heterocycles. The van der Waals surface area contributed by atoms with Crippen molar-refractivity contribution in [3.63, 3.8) is 0 Å². The molecular weight excluding hydrogens is 220 g/mol. The van der Waals surface area contributed by atoms with E-state index in [1.807, 2.05) is 6.20 Å². The normalized spacial score (nSPS) is 15.2. The standard InChI is InChI=1S/C16H20N2/c1-2-4-13(3-1)7-9-17-12-14-5-6-15-8-10-18-16(15)11-14/h3,5-6,8,10-11,17-18H,1-2,4,7,9,12H2. The second-order valence-electron chi connectivity index (χ2n) is 5.08. The first-order valence-electron chi connectivity index (χ1n) is 6.86. The predicted octanol–water partition coefficient (Wildman–Crippen LogP) is 3.76. The number of rotatable bonds is 5. The molecule has 2 N–H and O–H groups in total. The molecule has 1 aromatic carbocycles. The molecule has 0 saturated heterocycles. The highest BCUT2D eigenvalue weighted by Crippen LogP contribution is 2.20. The molecule has 0 aliphatic heterocycles. The molecule has 0 amide bonds. The molecule has 1 aliphatic carbocycles. The molecule has 0 radical (unpaired) electrons. The van der Waals surface area contributed by atoms with Gasteiger partial charge in [0.1, 0.15) is 0 Å². The van der Waals surface area contributed by atoms with Crippen molar-refractivity contribution in [2.45, 2.75) is 32.2 Å². The summed E-state index contributed by atoms with van der Waals surface area (Å²) in [7, 11) is 0. The fourth-order valence-electron chi connectivity index (χ4n) is 2.65. The van der Waals surface area contributed by atoms with Gasteiger partial charge in [0, 0.05) is 18.3 Å². The number of hydrogen-bond donors (Lipinski definition) is 2. The van der Waals surface area contributed by atoms with Gasteiger partial charge in [0.25, 0.3) is 0 Å². The molecule has 1 heterocycles. The molecule has 0 bridgehead atoms. The number of allylic oxidation sites excluding steroid dienone is 1. The number of fused-ring (bicyclic) bond motifs is 1. The maximum Gasteiger partial charge on any atom is 0.0457 e. The minimum atomic E-state index is 0.961. The van der Waals surface area contributed by atoms with Crippen molar-refractivity contribution in [1.82, 2.24) is 10.3 Å². The van der Waals surface area contributed by atoms with Gasteiger partial charge in [-0.15, -0.1) is 0 Å². The third kappa shape index (κ3) is 2.65. The van der Waals surface area contributed by atoms with Crippen LogP contribution >= 0.6 is 0 Å². The quantitative estimate of drug-likeness (QED) is 0.604. The van der Waals surface area contributed by atoms with Crippen molar-refractivity contribution in [1.29, 1.82) is 0 Å². The highest BCUT2D eigenvalue weighted by molar-refractivity contribution is 5.79. The predicted molar refractivity (Wildman–Crippen MR) is 76.6 cm³/mol. The average Bonchev–Trinajstić information content (AvgIpc) is 3.05. The summed E-state index contributed by atoms with van der Waals surface area (Å²) in [6.45, 7) is 2.05. The maximum absolute atomic E-state index is 3.53. The van der Waals surface area contributed by atoms with Gasteiger partial charge in [-0.25, -0.2) is 0 Å². The van der Waals surface area contributed by atoms with Crippen LogP contribution in [0.3, 0.4) is 0 Å². The largest absolute Gasteiger partial charge is 0.361 e. The Morgan fingerprint density at radius 3 is 3.11 bits per heavy atom. The van der Waals surface area contributed by atoms with Crippen LogP contribution in [0.2, 0.25) is 0 Å². The van der Waals surface area contributed by atoms with Gasteiger partial charge in [0.15, 0.2) is 0 Å². The molecule has 94 valence electrons. The van der Waals surface area contributed by atoms with Crippen LogP contribution in [0, 0.1) is 0 Å². The van der Waals surface area contributed by atoms with Gasteiger partial charge in [-0.05, 0) is 55.3 Å². The van der Waals surface area contributed by atoms with Crippen LogP contribution in [0.25, 0.3) is 10.9 Å². The van der Waals surface area contributed by atoms with Crippen molar-refractivity contribution in [3.8, 4) is 0 Å². The van der Waals surface area contributed by atoms with E-state index in [9.17, 15) is 0 Å². The molecule has 2 nitrogen and oxygen atoms in total. The molecule has 0 saturated carbocycles. The molecule has 0 fully saturated rings. The second kappa shape index (κ2) is 5.40. The summed E-state index contributed by atoms with van der Waals surface area (Å²) < 4.78 is 0. The highest BCUT2D eigenvalue weighted by atomic mass is 14.8. The Morgan fingerprint density at radius 2 is 2.22 bits per heavy atom. The Bertz CT molecular complexity index is 551. The summed E-state index contributed by atoms with van der Waals surface area (Å²) in [6, 6.07) is 8.73. The smallest absolute Gasteiger partial charge is 0.0457 e. The van der Waals surface area contributed by atoms with Gasteiger partial charge in [-0.3, -0.25) is 0 Å². The molecule has 2 heteroatoms. The van der Waals surface area contributed by atoms with Crippen LogP contribution in [-0.4, -0.2) is 11.5 Å². The van der Waals surface area contributed by atoms with E-state index in [0.29, 0.717) is 0 Å². The number of hydrogen-bond acceptors (Lipinski definition) is 1. The molecule has 18 heavy (non-hydrogen) atoms.